The number of hydrogen-bond donors (Lipinski definition) is 3. The second-order valence-corrected chi connectivity index (χ2v) is 8.28. The van der Waals surface area contributed by atoms with Gasteiger partial charge in [0.05, 0.1) is 19.5 Å². The Morgan fingerprint density at radius 3 is 2.75 bits per heavy atom. The summed E-state index contributed by atoms with van der Waals surface area (Å²) in [5, 5.41) is 8.32. The first-order chi connectivity index (χ1) is 15.8. The molecule has 3 aromatic rings. The van der Waals surface area contributed by atoms with Crippen LogP contribution < -0.4 is 10.6 Å². The van der Waals surface area contributed by atoms with Crippen LogP contribution >= 0.6 is 0 Å². The molecule has 0 amide bonds. The van der Waals surface area contributed by atoms with Crippen LogP contribution in [-0.2, 0) is 17.6 Å². The van der Waals surface area contributed by atoms with Gasteiger partial charge >= 0.3 is 0 Å². The highest BCUT2D eigenvalue weighted by atomic mass is 16.5. The lowest BCUT2D eigenvalue weighted by Gasteiger charge is -2.26. The molecule has 0 radical (unpaired) electrons. The van der Waals surface area contributed by atoms with Crippen LogP contribution in [-0.4, -0.2) is 68.3 Å². The molecule has 2 aromatic heterocycles. The van der Waals surface area contributed by atoms with E-state index in [1.165, 1.54) is 22.0 Å². The fourth-order valence-electron chi connectivity index (χ4n) is 4.21. The van der Waals surface area contributed by atoms with E-state index < -0.39 is 0 Å². The molecule has 0 bridgehead atoms. The lowest BCUT2D eigenvalue weighted by atomic mass is 10.1. The van der Waals surface area contributed by atoms with Crippen molar-refractivity contribution in [2.45, 2.75) is 26.2 Å². The van der Waals surface area contributed by atoms with E-state index in [9.17, 15) is 0 Å². The number of ether oxygens (including phenoxy) is 1. The predicted molar refractivity (Wildman–Crippen MR) is 129 cm³/mol. The average Bonchev–Trinajstić information content (AvgIpc) is 3.48. The summed E-state index contributed by atoms with van der Waals surface area (Å²) < 4.78 is 10.9. The van der Waals surface area contributed by atoms with Crippen LogP contribution in [0.4, 0.5) is 0 Å². The van der Waals surface area contributed by atoms with Crippen LogP contribution in [0.25, 0.3) is 10.9 Å². The average molecular weight is 438 g/mol. The maximum atomic E-state index is 5.44. The third-order valence-electron chi connectivity index (χ3n) is 5.93. The van der Waals surface area contributed by atoms with Gasteiger partial charge in [-0.15, -0.1) is 0 Å². The van der Waals surface area contributed by atoms with Gasteiger partial charge in [0.2, 0.25) is 0 Å². The van der Waals surface area contributed by atoms with Crippen LogP contribution in [0.5, 0.6) is 0 Å². The van der Waals surface area contributed by atoms with Crippen molar-refractivity contribution in [1.29, 1.82) is 0 Å². The van der Waals surface area contributed by atoms with E-state index in [0.29, 0.717) is 0 Å². The molecule has 0 atom stereocenters. The molecule has 0 saturated carbocycles. The zero-order valence-corrected chi connectivity index (χ0v) is 19.0. The molecular formula is C25H35N5O2. The second-order valence-electron chi connectivity index (χ2n) is 8.28. The molecule has 7 heteroatoms. The Morgan fingerprint density at radius 1 is 1.09 bits per heavy atom. The topological polar surface area (TPSA) is 77.8 Å². The number of fused-ring (bicyclic) bond motifs is 1. The van der Waals surface area contributed by atoms with E-state index in [0.717, 1.165) is 83.5 Å². The van der Waals surface area contributed by atoms with Gasteiger partial charge in [0, 0.05) is 62.8 Å². The predicted octanol–water partition coefficient (Wildman–Crippen LogP) is 3.11. The molecule has 0 aliphatic carbocycles. The summed E-state index contributed by atoms with van der Waals surface area (Å²) in [4.78, 5) is 10.7. The first kappa shape index (κ1) is 22.4. The summed E-state index contributed by atoms with van der Waals surface area (Å²) in [6.45, 7) is 9.41. The van der Waals surface area contributed by atoms with Gasteiger partial charge in [-0.2, -0.15) is 0 Å². The van der Waals surface area contributed by atoms with E-state index >= 15 is 0 Å². The summed E-state index contributed by atoms with van der Waals surface area (Å²) in [6, 6.07) is 10.3. The molecule has 3 N–H and O–H groups in total. The number of aromatic amines is 1. The number of furan rings is 1. The third-order valence-corrected chi connectivity index (χ3v) is 5.93. The van der Waals surface area contributed by atoms with Gasteiger partial charge in [-0.3, -0.25) is 9.89 Å². The Hall–Kier alpha value is -2.77. The third kappa shape index (κ3) is 6.37. The molecule has 32 heavy (non-hydrogen) atoms. The first-order valence-corrected chi connectivity index (χ1v) is 11.7. The Balaban J connectivity index is 1.28. The van der Waals surface area contributed by atoms with Crippen molar-refractivity contribution < 1.29 is 9.15 Å². The minimum atomic E-state index is 0.787. The number of aliphatic imine (C=N–C) groups is 1. The van der Waals surface area contributed by atoms with E-state index in [2.05, 4.69) is 51.8 Å². The SMILES string of the molecule is Cc1cccc2[nH]cc(CCNC(=NCCCN3CCOCC3)NCCc3ccco3)c12. The van der Waals surface area contributed by atoms with E-state index in [-0.39, 0.29) is 0 Å². The Bertz CT molecular complexity index is 974. The molecule has 4 rings (SSSR count). The molecule has 1 aliphatic rings. The van der Waals surface area contributed by atoms with Crippen molar-refractivity contribution in [3.05, 3.63) is 59.7 Å². The fourth-order valence-corrected chi connectivity index (χ4v) is 4.21. The molecule has 1 fully saturated rings. The molecule has 1 saturated heterocycles. The van der Waals surface area contributed by atoms with Crippen LogP contribution in [0.3, 0.4) is 0 Å². The van der Waals surface area contributed by atoms with Crippen LogP contribution in [0.2, 0.25) is 0 Å². The van der Waals surface area contributed by atoms with E-state index in [1.807, 2.05) is 12.1 Å². The zero-order valence-electron chi connectivity index (χ0n) is 19.0. The van der Waals surface area contributed by atoms with Crippen LogP contribution in [0.1, 0.15) is 23.3 Å². The molecule has 0 unspecified atom stereocenters. The highest BCUT2D eigenvalue weighted by molar-refractivity contribution is 5.86. The maximum Gasteiger partial charge on any atom is 0.191 e. The number of H-pyrrole nitrogens is 1. The monoisotopic (exact) mass is 437 g/mol. The summed E-state index contributed by atoms with van der Waals surface area (Å²) in [5.74, 6) is 1.86. The number of benzene rings is 1. The lowest BCUT2D eigenvalue weighted by Crippen LogP contribution is -2.40. The lowest BCUT2D eigenvalue weighted by molar-refractivity contribution is 0.0377. The number of aromatic nitrogens is 1. The summed E-state index contributed by atoms with van der Waals surface area (Å²) >= 11 is 0. The standard InChI is InChI=1S/C25H35N5O2/c1-20-5-2-7-23-24(20)21(19-29-23)8-11-27-25(28-12-9-22-6-3-16-32-22)26-10-4-13-30-14-17-31-18-15-30/h2-3,5-7,16,19,29H,4,8-15,17-18H2,1H3,(H2,26,27,28). The molecule has 7 nitrogen and oxygen atoms in total. The van der Waals surface area contributed by atoms with Gasteiger partial charge < -0.3 is 24.8 Å². The number of rotatable bonds is 10. The quantitative estimate of drug-likeness (QED) is 0.258. The van der Waals surface area contributed by atoms with Gasteiger partial charge in [0.15, 0.2) is 5.96 Å². The minimum Gasteiger partial charge on any atom is -0.469 e. The number of morpholine rings is 1. The number of guanidine groups is 1. The second kappa shape index (κ2) is 11.7. The van der Waals surface area contributed by atoms with Gasteiger partial charge in [-0.25, -0.2) is 0 Å². The zero-order chi connectivity index (χ0) is 22.0. The Morgan fingerprint density at radius 2 is 1.94 bits per heavy atom. The largest absolute Gasteiger partial charge is 0.469 e. The molecule has 1 aromatic carbocycles. The number of nitrogens with zero attached hydrogens (tertiary/aromatic N) is 2. The minimum absolute atomic E-state index is 0.787. The van der Waals surface area contributed by atoms with E-state index in [1.54, 1.807) is 6.26 Å². The number of hydrogen-bond acceptors (Lipinski definition) is 4. The fraction of sp³-hybridized carbons (Fsp3) is 0.480. The molecule has 3 heterocycles. The molecule has 172 valence electrons. The number of aryl methyl sites for hydroxylation is 1. The highest BCUT2D eigenvalue weighted by Crippen LogP contribution is 2.22. The smallest absolute Gasteiger partial charge is 0.191 e. The Kier molecular flexibility index (Phi) is 8.23. The molecule has 1 aliphatic heterocycles. The van der Waals surface area contributed by atoms with E-state index in [4.69, 9.17) is 14.1 Å². The summed E-state index contributed by atoms with van der Waals surface area (Å²) in [5.41, 5.74) is 3.86. The van der Waals surface area contributed by atoms with Crippen molar-refractivity contribution in [3.63, 3.8) is 0 Å². The van der Waals surface area contributed by atoms with Gasteiger partial charge in [0.25, 0.3) is 0 Å². The van der Waals surface area contributed by atoms with Crippen molar-refractivity contribution >= 4 is 16.9 Å². The summed E-state index contributed by atoms with van der Waals surface area (Å²) in [7, 11) is 0. The van der Waals surface area contributed by atoms with Crippen LogP contribution in [0.15, 0.2) is 52.2 Å². The maximum absolute atomic E-state index is 5.44. The van der Waals surface area contributed by atoms with Crippen molar-refractivity contribution in [2.24, 2.45) is 4.99 Å². The van der Waals surface area contributed by atoms with Crippen molar-refractivity contribution in [3.8, 4) is 0 Å². The van der Waals surface area contributed by atoms with Gasteiger partial charge in [0.1, 0.15) is 5.76 Å². The van der Waals surface area contributed by atoms with Crippen molar-refractivity contribution in [1.82, 2.24) is 20.5 Å². The van der Waals surface area contributed by atoms with Gasteiger partial charge in [-0.05, 0) is 49.1 Å². The highest BCUT2D eigenvalue weighted by Gasteiger charge is 2.10. The summed E-state index contributed by atoms with van der Waals surface area (Å²) in [6.07, 6.45) is 6.67. The van der Waals surface area contributed by atoms with Crippen LogP contribution in [0, 0.1) is 6.92 Å². The normalized spacial score (nSPS) is 15.3. The molecular weight excluding hydrogens is 402 g/mol. The number of nitrogens with one attached hydrogen (secondary N) is 3. The first-order valence-electron chi connectivity index (χ1n) is 11.7. The molecule has 0 spiro atoms. The van der Waals surface area contributed by atoms with Crippen molar-refractivity contribution in [2.75, 3.05) is 52.5 Å². The van der Waals surface area contributed by atoms with Gasteiger partial charge in [-0.1, -0.05) is 12.1 Å². The Labute approximate surface area is 190 Å².